The molecule has 4 unspecified atom stereocenters. The Morgan fingerprint density at radius 1 is 0.946 bits per heavy atom. The third kappa shape index (κ3) is 3.30. The lowest BCUT2D eigenvalue weighted by molar-refractivity contribution is -0.213. The van der Waals surface area contributed by atoms with Gasteiger partial charge in [0.1, 0.15) is 6.10 Å². The Bertz CT molecular complexity index is 1070. The number of rotatable bonds is 2. The zero-order valence-corrected chi connectivity index (χ0v) is 24.4. The number of primary amides is 1. The third-order valence-corrected chi connectivity index (χ3v) is 13.6. The van der Waals surface area contributed by atoms with E-state index in [1.807, 2.05) is 6.92 Å². The lowest BCUT2D eigenvalue weighted by atomic mass is 9.33. The van der Waals surface area contributed by atoms with E-state index in [1.165, 1.54) is 31.8 Å². The molecule has 4 saturated carbocycles. The van der Waals surface area contributed by atoms with E-state index in [0.717, 1.165) is 25.7 Å². The Labute approximate surface area is 223 Å². The summed E-state index contributed by atoms with van der Waals surface area (Å²) in [6, 6.07) is 0. The number of amides is 1. The van der Waals surface area contributed by atoms with Gasteiger partial charge in [0, 0.05) is 12.8 Å². The van der Waals surface area contributed by atoms with Gasteiger partial charge in [-0.2, -0.15) is 0 Å². The van der Waals surface area contributed by atoms with Crippen LogP contribution in [0.5, 0.6) is 0 Å². The highest BCUT2D eigenvalue weighted by Crippen LogP contribution is 2.75. The number of nitrogens with two attached hydrogens (primary N) is 1. The van der Waals surface area contributed by atoms with E-state index in [0.29, 0.717) is 24.2 Å². The zero-order chi connectivity index (χ0) is 27.3. The summed E-state index contributed by atoms with van der Waals surface area (Å²) in [5, 5.41) is 0. The van der Waals surface area contributed by atoms with E-state index in [-0.39, 0.29) is 45.2 Å². The molecule has 5 aliphatic rings. The van der Waals surface area contributed by atoms with Crippen molar-refractivity contribution in [1.82, 2.24) is 0 Å². The molecule has 5 aliphatic carbocycles. The summed E-state index contributed by atoms with van der Waals surface area (Å²) in [6.45, 7) is 17.7. The molecule has 1 amide bonds. The van der Waals surface area contributed by atoms with Gasteiger partial charge in [-0.1, -0.05) is 47.1 Å². The highest BCUT2D eigenvalue weighted by atomic mass is 16.5. The van der Waals surface area contributed by atoms with Crippen LogP contribution in [0, 0.1) is 56.7 Å². The number of allylic oxidation sites excluding steroid dienone is 2. The predicted molar refractivity (Wildman–Crippen MR) is 144 cm³/mol. The van der Waals surface area contributed by atoms with E-state index in [2.05, 4.69) is 47.6 Å². The normalized spacial score (nSPS) is 53.1. The van der Waals surface area contributed by atoms with Crippen molar-refractivity contribution in [2.75, 3.05) is 0 Å². The van der Waals surface area contributed by atoms with Crippen molar-refractivity contribution >= 4 is 17.7 Å². The summed E-state index contributed by atoms with van der Waals surface area (Å²) in [5.41, 5.74) is 6.23. The Kier molecular flexibility index (Phi) is 5.95. The highest BCUT2D eigenvalue weighted by molar-refractivity contribution is 5.96. The number of hydrogen-bond donors (Lipinski definition) is 1. The fourth-order valence-electron chi connectivity index (χ4n) is 11.1. The second-order valence-corrected chi connectivity index (χ2v) is 15.1. The minimum Gasteiger partial charge on any atom is -0.461 e. The van der Waals surface area contributed by atoms with Gasteiger partial charge in [0.25, 0.3) is 0 Å². The average Bonchev–Trinajstić information content (AvgIpc) is 2.79. The lowest BCUT2D eigenvalue weighted by Crippen LogP contribution is -2.69. The summed E-state index contributed by atoms with van der Waals surface area (Å²) >= 11 is 0. The summed E-state index contributed by atoms with van der Waals surface area (Å²) in [5.74, 6) is 0.903. The van der Waals surface area contributed by atoms with Crippen molar-refractivity contribution in [2.45, 2.75) is 113 Å². The molecule has 206 valence electrons. The minimum atomic E-state index is -0.983. The number of fused-ring (bicyclic) bond motifs is 7. The largest absolute Gasteiger partial charge is 0.461 e. The smallest absolute Gasteiger partial charge is 0.302 e. The molecular weight excluding hydrogens is 462 g/mol. The number of carbonyl (C=O) groups is 3. The summed E-state index contributed by atoms with van der Waals surface area (Å²) in [4.78, 5) is 39.4. The molecule has 0 saturated heterocycles. The fraction of sp³-hybridized carbons (Fsp3) is 0.844. The SMILES string of the molecule is CC(=O)OC1CC[C@@]2(C)C(CC[C@]3(C)C2C(=O)C=C2C4[C@@H](C)[C@H](C)CC[C@]4(C)CC[C@]23C)[C@@]1(C)C(N)=O. The maximum atomic E-state index is 14.4. The van der Waals surface area contributed by atoms with Crippen LogP contribution in [0.2, 0.25) is 0 Å². The van der Waals surface area contributed by atoms with Crippen LogP contribution in [0.15, 0.2) is 11.6 Å². The first-order valence-corrected chi connectivity index (χ1v) is 14.8. The summed E-state index contributed by atoms with van der Waals surface area (Å²) < 4.78 is 5.71. The van der Waals surface area contributed by atoms with Crippen molar-refractivity contribution in [3.63, 3.8) is 0 Å². The van der Waals surface area contributed by atoms with Crippen LogP contribution in [0.1, 0.15) is 107 Å². The highest BCUT2D eigenvalue weighted by Gasteiger charge is 2.71. The number of ether oxygens (including phenoxy) is 1. The zero-order valence-electron chi connectivity index (χ0n) is 24.4. The monoisotopic (exact) mass is 511 g/mol. The molecule has 0 aromatic rings. The van der Waals surface area contributed by atoms with Crippen LogP contribution in [-0.4, -0.2) is 23.8 Å². The molecule has 5 rings (SSSR count). The maximum absolute atomic E-state index is 14.4. The molecule has 0 heterocycles. The molecule has 5 nitrogen and oxygen atoms in total. The second kappa shape index (κ2) is 8.18. The van der Waals surface area contributed by atoms with Gasteiger partial charge in [-0.15, -0.1) is 0 Å². The molecule has 0 aromatic heterocycles. The van der Waals surface area contributed by atoms with Crippen LogP contribution in [0.4, 0.5) is 0 Å². The summed E-state index contributed by atoms with van der Waals surface area (Å²) in [6.07, 6.45) is 9.46. The van der Waals surface area contributed by atoms with Crippen LogP contribution >= 0.6 is 0 Å². The van der Waals surface area contributed by atoms with Crippen molar-refractivity contribution in [3.8, 4) is 0 Å². The van der Waals surface area contributed by atoms with E-state index < -0.39 is 17.4 Å². The molecule has 0 aromatic carbocycles. The number of esters is 1. The molecule has 4 fully saturated rings. The van der Waals surface area contributed by atoms with Gasteiger partial charge in [-0.3, -0.25) is 14.4 Å². The first-order chi connectivity index (χ1) is 17.1. The molecule has 0 aliphatic heterocycles. The Balaban J connectivity index is 1.62. The lowest BCUT2D eigenvalue weighted by Gasteiger charge is -2.70. The molecule has 11 atom stereocenters. The standard InChI is InChI=1S/C32H49NO4/c1-18-9-12-28(4)15-16-30(6)21(25(28)19(18)2)17-22(35)26-29(5)13-11-24(37-20(3)34)32(8,27(33)36)23(29)10-14-31(26,30)7/h17-19,23-26H,9-16H2,1-8H3,(H2,33,36)/t18-,19+,23?,24?,25?,26?,28-,29+,30-,31-,32-/m1/s1. The number of hydrogen-bond acceptors (Lipinski definition) is 4. The van der Waals surface area contributed by atoms with Gasteiger partial charge < -0.3 is 10.5 Å². The molecule has 0 radical (unpaired) electrons. The van der Waals surface area contributed by atoms with Crippen LogP contribution in [-0.2, 0) is 19.1 Å². The van der Waals surface area contributed by atoms with Gasteiger partial charge in [0.2, 0.25) is 5.91 Å². The molecule has 0 bridgehead atoms. The minimum absolute atomic E-state index is 0.0368. The first-order valence-electron chi connectivity index (χ1n) is 14.8. The Morgan fingerprint density at radius 2 is 1.62 bits per heavy atom. The first kappa shape index (κ1) is 26.9. The van der Waals surface area contributed by atoms with Crippen LogP contribution in [0.3, 0.4) is 0 Å². The molecule has 37 heavy (non-hydrogen) atoms. The van der Waals surface area contributed by atoms with Crippen molar-refractivity contribution in [1.29, 1.82) is 0 Å². The number of ketones is 1. The van der Waals surface area contributed by atoms with E-state index in [4.69, 9.17) is 10.5 Å². The maximum Gasteiger partial charge on any atom is 0.302 e. The second-order valence-electron chi connectivity index (χ2n) is 15.1. The molecule has 0 spiro atoms. The van der Waals surface area contributed by atoms with Gasteiger partial charge in [-0.05, 0) is 110 Å². The fourth-order valence-corrected chi connectivity index (χ4v) is 11.1. The molecule has 2 N–H and O–H groups in total. The van der Waals surface area contributed by atoms with Crippen molar-refractivity contribution in [2.24, 2.45) is 62.4 Å². The van der Waals surface area contributed by atoms with Gasteiger partial charge >= 0.3 is 5.97 Å². The van der Waals surface area contributed by atoms with Gasteiger partial charge in [0.05, 0.1) is 5.41 Å². The van der Waals surface area contributed by atoms with E-state index >= 15 is 0 Å². The average molecular weight is 512 g/mol. The Morgan fingerprint density at radius 3 is 2.24 bits per heavy atom. The third-order valence-electron chi connectivity index (χ3n) is 13.6. The predicted octanol–water partition coefficient (Wildman–Crippen LogP) is 6.24. The quantitative estimate of drug-likeness (QED) is 0.445. The van der Waals surface area contributed by atoms with Gasteiger partial charge in [-0.25, -0.2) is 0 Å². The number of carbonyl (C=O) groups excluding carboxylic acids is 3. The van der Waals surface area contributed by atoms with E-state index in [9.17, 15) is 14.4 Å². The van der Waals surface area contributed by atoms with Crippen molar-refractivity contribution < 1.29 is 19.1 Å². The summed E-state index contributed by atoms with van der Waals surface area (Å²) in [7, 11) is 0. The van der Waals surface area contributed by atoms with Gasteiger partial charge in [0.15, 0.2) is 5.78 Å². The Hall–Kier alpha value is -1.65. The van der Waals surface area contributed by atoms with Crippen LogP contribution < -0.4 is 5.73 Å². The van der Waals surface area contributed by atoms with Crippen molar-refractivity contribution in [3.05, 3.63) is 11.6 Å². The van der Waals surface area contributed by atoms with Crippen LogP contribution in [0.25, 0.3) is 0 Å². The topological polar surface area (TPSA) is 86.5 Å². The molecular formula is C32H49NO4. The van der Waals surface area contributed by atoms with E-state index in [1.54, 1.807) is 0 Å². The molecule has 5 heteroatoms.